The van der Waals surface area contributed by atoms with Gasteiger partial charge in [-0.25, -0.2) is 4.79 Å². The van der Waals surface area contributed by atoms with E-state index in [1.807, 2.05) is 7.05 Å². The summed E-state index contributed by atoms with van der Waals surface area (Å²) in [5.41, 5.74) is 0.949. The number of aliphatic carboxylic acids is 1. The predicted octanol–water partition coefficient (Wildman–Crippen LogP) is -0.468. The number of carboxylic acids is 1. The summed E-state index contributed by atoms with van der Waals surface area (Å²) in [6.07, 6.45) is 0.891. The maximum absolute atomic E-state index is 12.1. The summed E-state index contributed by atoms with van der Waals surface area (Å²) in [6, 6.07) is -0.184. The Morgan fingerprint density at radius 1 is 1.41 bits per heavy atom. The number of β-lactam (4-membered cyclic amide) rings is 1. The van der Waals surface area contributed by atoms with Crippen LogP contribution in [0.25, 0.3) is 0 Å². The normalized spacial score (nSPS) is 31.2. The Kier molecular flexibility index (Phi) is 3.96. The molecule has 3 atom stereocenters. The van der Waals surface area contributed by atoms with E-state index in [-0.39, 0.29) is 17.6 Å². The molecule has 0 saturated carbocycles. The van der Waals surface area contributed by atoms with Crippen LogP contribution >= 0.6 is 0 Å². The van der Waals surface area contributed by atoms with Crippen LogP contribution < -0.4 is 0 Å². The number of carbonyl (C=O) groups is 2. The molecule has 1 amide bonds. The highest BCUT2D eigenvalue weighted by Crippen LogP contribution is 2.43. The maximum atomic E-state index is 12.1. The van der Waals surface area contributed by atoms with Gasteiger partial charge in [0.25, 0.3) is 0 Å². The second kappa shape index (κ2) is 5.64. The number of carbonyl (C=O) groups excluding carboxylic acids is 1. The SMILES string of the molecule is C[C@@H](O)C1C(=O)N2C(C(=O)O)=C(CN3CCCN(C)C3)CC12. The minimum Gasteiger partial charge on any atom is -0.477 e. The van der Waals surface area contributed by atoms with Gasteiger partial charge < -0.3 is 15.1 Å². The second-order valence-corrected chi connectivity index (χ2v) is 6.63. The van der Waals surface area contributed by atoms with Crippen LogP contribution in [0.2, 0.25) is 0 Å². The van der Waals surface area contributed by atoms with Crippen LogP contribution in [0.1, 0.15) is 19.8 Å². The molecule has 0 aromatic heterocycles. The summed E-state index contributed by atoms with van der Waals surface area (Å²) in [5, 5.41) is 19.2. The van der Waals surface area contributed by atoms with Crippen LogP contribution in [0.15, 0.2) is 11.3 Å². The molecule has 2 saturated heterocycles. The minimum atomic E-state index is -1.04. The number of nitrogens with zero attached hydrogens (tertiary/aromatic N) is 3. The van der Waals surface area contributed by atoms with Gasteiger partial charge in [0.05, 0.1) is 24.7 Å². The Bertz CT molecular complexity index is 531. The van der Waals surface area contributed by atoms with Gasteiger partial charge in [0, 0.05) is 19.6 Å². The van der Waals surface area contributed by atoms with E-state index in [0.717, 1.165) is 31.8 Å². The highest BCUT2D eigenvalue weighted by atomic mass is 16.4. The molecule has 2 fully saturated rings. The fourth-order valence-corrected chi connectivity index (χ4v) is 3.95. The Labute approximate surface area is 129 Å². The fourth-order valence-electron chi connectivity index (χ4n) is 3.95. The topological polar surface area (TPSA) is 84.3 Å². The molecule has 3 rings (SSSR count). The Morgan fingerprint density at radius 3 is 2.73 bits per heavy atom. The number of aliphatic hydroxyl groups excluding tert-OH is 1. The van der Waals surface area contributed by atoms with Crippen molar-refractivity contribution in [1.29, 1.82) is 0 Å². The molecule has 3 aliphatic rings. The lowest BCUT2D eigenvalue weighted by molar-refractivity contribution is -0.161. The molecule has 7 heteroatoms. The standard InChI is InChI=1S/C15H23N3O4/c1-9(19)12-11-6-10(7-17-5-3-4-16(2)8-17)13(15(21)22)18(11)14(12)20/h9,11-12,19H,3-8H2,1-2H3,(H,21,22)/t9-,11?,12?/m1/s1. The molecule has 0 bridgehead atoms. The zero-order valence-corrected chi connectivity index (χ0v) is 13.0. The lowest BCUT2D eigenvalue weighted by Crippen LogP contribution is -2.61. The van der Waals surface area contributed by atoms with Crippen molar-refractivity contribution < 1.29 is 19.8 Å². The van der Waals surface area contributed by atoms with Crippen LogP contribution in [-0.4, -0.2) is 82.3 Å². The number of hydrogen-bond donors (Lipinski definition) is 2. The number of rotatable bonds is 4. The zero-order chi connectivity index (χ0) is 16.0. The van der Waals surface area contributed by atoms with Crippen LogP contribution in [-0.2, 0) is 9.59 Å². The third-order valence-electron chi connectivity index (χ3n) is 4.89. The van der Waals surface area contributed by atoms with Crippen molar-refractivity contribution >= 4 is 11.9 Å². The van der Waals surface area contributed by atoms with Gasteiger partial charge in [-0.3, -0.25) is 14.6 Å². The first-order valence-electron chi connectivity index (χ1n) is 7.77. The summed E-state index contributed by atoms with van der Waals surface area (Å²) in [5.74, 6) is -1.76. The van der Waals surface area contributed by atoms with E-state index >= 15 is 0 Å². The number of amides is 1. The molecule has 0 radical (unpaired) electrons. The molecule has 3 aliphatic heterocycles. The van der Waals surface area contributed by atoms with E-state index in [2.05, 4.69) is 9.80 Å². The van der Waals surface area contributed by atoms with Gasteiger partial charge in [0.2, 0.25) is 5.91 Å². The molecule has 0 spiro atoms. The first-order valence-corrected chi connectivity index (χ1v) is 7.77. The van der Waals surface area contributed by atoms with Crippen LogP contribution in [0.5, 0.6) is 0 Å². The largest absolute Gasteiger partial charge is 0.477 e. The number of carboxylic acid groups (broad SMARTS) is 1. The average Bonchev–Trinajstić information content (AvgIpc) is 2.73. The van der Waals surface area contributed by atoms with E-state index in [1.54, 1.807) is 6.92 Å². The Hall–Kier alpha value is -1.44. The van der Waals surface area contributed by atoms with Crippen molar-refractivity contribution in [1.82, 2.24) is 14.7 Å². The summed E-state index contributed by atoms with van der Waals surface area (Å²) >= 11 is 0. The van der Waals surface area contributed by atoms with Crippen molar-refractivity contribution in [3.05, 3.63) is 11.3 Å². The van der Waals surface area contributed by atoms with Gasteiger partial charge in [-0.05, 0) is 32.4 Å². The van der Waals surface area contributed by atoms with Gasteiger partial charge in [-0.1, -0.05) is 0 Å². The highest BCUT2D eigenvalue weighted by molar-refractivity contribution is 5.99. The van der Waals surface area contributed by atoms with E-state index < -0.39 is 18.0 Å². The zero-order valence-electron chi connectivity index (χ0n) is 13.0. The molecule has 22 heavy (non-hydrogen) atoms. The number of fused-ring (bicyclic) bond motifs is 1. The maximum Gasteiger partial charge on any atom is 0.352 e. The van der Waals surface area contributed by atoms with E-state index in [1.165, 1.54) is 4.90 Å². The molecule has 0 aromatic rings. The lowest BCUT2D eigenvalue weighted by atomic mass is 9.83. The molecule has 122 valence electrons. The third kappa shape index (κ3) is 2.43. The second-order valence-electron chi connectivity index (χ2n) is 6.63. The summed E-state index contributed by atoms with van der Waals surface area (Å²) in [4.78, 5) is 29.5. The summed E-state index contributed by atoms with van der Waals surface area (Å²) < 4.78 is 0. The predicted molar refractivity (Wildman–Crippen MR) is 78.8 cm³/mol. The molecular formula is C15H23N3O4. The molecule has 0 aromatic carbocycles. The molecule has 7 nitrogen and oxygen atoms in total. The summed E-state index contributed by atoms with van der Waals surface area (Å²) in [7, 11) is 2.05. The van der Waals surface area contributed by atoms with Crippen molar-refractivity contribution in [2.24, 2.45) is 5.92 Å². The average molecular weight is 309 g/mol. The van der Waals surface area contributed by atoms with E-state index in [9.17, 15) is 19.8 Å². The van der Waals surface area contributed by atoms with Crippen molar-refractivity contribution in [3.63, 3.8) is 0 Å². The molecular weight excluding hydrogens is 286 g/mol. The molecule has 3 heterocycles. The van der Waals surface area contributed by atoms with Crippen molar-refractivity contribution in [2.75, 3.05) is 33.4 Å². The number of hydrogen-bond acceptors (Lipinski definition) is 5. The monoisotopic (exact) mass is 309 g/mol. The lowest BCUT2D eigenvalue weighted by Gasteiger charge is -2.44. The molecule has 2 N–H and O–H groups in total. The van der Waals surface area contributed by atoms with E-state index in [4.69, 9.17) is 0 Å². The van der Waals surface area contributed by atoms with E-state index in [0.29, 0.717) is 13.0 Å². The minimum absolute atomic E-state index is 0.139. The third-order valence-corrected chi connectivity index (χ3v) is 4.89. The Balaban J connectivity index is 1.78. The first-order chi connectivity index (χ1) is 10.4. The quantitative estimate of drug-likeness (QED) is 0.683. The smallest absolute Gasteiger partial charge is 0.352 e. The van der Waals surface area contributed by atoms with Gasteiger partial charge in [-0.15, -0.1) is 0 Å². The fraction of sp³-hybridized carbons (Fsp3) is 0.733. The van der Waals surface area contributed by atoms with Gasteiger partial charge >= 0.3 is 5.97 Å². The van der Waals surface area contributed by atoms with Gasteiger partial charge in [-0.2, -0.15) is 0 Å². The van der Waals surface area contributed by atoms with Gasteiger partial charge in [0.1, 0.15) is 5.70 Å². The first kappa shape index (κ1) is 15.5. The number of aliphatic hydroxyl groups is 1. The van der Waals surface area contributed by atoms with Gasteiger partial charge in [0.15, 0.2) is 0 Å². The van der Waals surface area contributed by atoms with Crippen LogP contribution in [0, 0.1) is 5.92 Å². The molecule has 2 unspecified atom stereocenters. The van der Waals surface area contributed by atoms with Crippen molar-refractivity contribution in [3.8, 4) is 0 Å². The van der Waals surface area contributed by atoms with Crippen LogP contribution in [0.4, 0.5) is 0 Å². The highest BCUT2D eigenvalue weighted by Gasteiger charge is 2.56. The van der Waals surface area contributed by atoms with Crippen LogP contribution in [0.3, 0.4) is 0 Å². The van der Waals surface area contributed by atoms with Crippen molar-refractivity contribution in [2.45, 2.75) is 31.9 Å². The molecule has 0 aliphatic carbocycles. The summed E-state index contributed by atoms with van der Waals surface area (Å²) in [6.45, 7) is 4.99. The Morgan fingerprint density at radius 2 is 2.14 bits per heavy atom.